The van der Waals surface area contributed by atoms with E-state index < -0.39 is 46.5 Å². The molecule has 0 spiro atoms. The van der Waals surface area contributed by atoms with Crippen LogP contribution in [0.2, 0.25) is 0 Å². The number of fused-ring (bicyclic) bond motifs is 1. The average Bonchev–Trinajstić information content (AvgIpc) is 3.32. The van der Waals surface area contributed by atoms with Gasteiger partial charge in [0.2, 0.25) is 17.1 Å². The van der Waals surface area contributed by atoms with Gasteiger partial charge in [0, 0.05) is 28.9 Å². The highest BCUT2D eigenvalue weighted by atomic mass is 32.2. The summed E-state index contributed by atoms with van der Waals surface area (Å²) in [6.45, 7) is 2.52. The van der Waals surface area contributed by atoms with Crippen molar-refractivity contribution in [1.82, 2.24) is 19.6 Å². The number of amides is 2. The van der Waals surface area contributed by atoms with Crippen LogP contribution in [0.1, 0.15) is 19.7 Å². The Morgan fingerprint density at radius 3 is 2.71 bits per heavy atom. The maximum atomic E-state index is 13.2. The summed E-state index contributed by atoms with van der Waals surface area (Å²) in [5.41, 5.74) is 14.7. The number of thioether (sulfide) groups is 1. The zero-order valence-electron chi connectivity index (χ0n) is 21.5. The Hall–Kier alpha value is -4.78. The van der Waals surface area contributed by atoms with Gasteiger partial charge in [-0.2, -0.15) is 13.9 Å². The molecule has 8 N–H and O–H groups in total. The standard InChI is InChI=1S/C22H24N10O7S2/c1-22(2,19(37)38)39-29-11(14-28-21(25)41-30-14)15(33)27-12-16(34)32-13(18(35)36)9(8-40-17(12)32)6-31-5-3-4-10(7-31)26-20(23)24/h3-5,7,12,17H,6,8H2,1-2H3,(H8-,23,24,25,26,27,28,30,33,35,36,37,38)/b29-11-/t12-,17-/m1/s1. The summed E-state index contributed by atoms with van der Waals surface area (Å²) in [6, 6.07) is 2.18. The second-order valence-corrected chi connectivity index (χ2v) is 11.1. The molecule has 17 nitrogen and oxygen atoms in total. The van der Waals surface area contributed by atoms with E-state index in [1.807, 2.05) is 0 Å². The number of carboxylic acids is 2. The summed E-state index contributed by atoms with van der Waals surface area (Å²) in [7, 11) is 0. The molecule has 2 aromatic rings. The number of nitrogens with zero attached hydrogens (tertiary/aromatic N) is 6. The third-order valence-corrected chi connectivity index (χ3v) is 7.63. The van der Waals surface area contributed by atoms with Crippen LogP contribution < -0.4 is 32.2 Å². The first-order valence-corrected chi connectivity index (χ1v) is 13.5. The van der Waals surface area contributed by atoms with E-state index in [0.29, 0.717) is 11.3 Å². The molecule has 41 heavy (non-hydrogen) atoms. The Kier molecular flexibility index (Phi) is 8.10. The quantitative estimate of drug-likeness (QED) is 0.0595. The molecule has 2 amide bonds. The first kappa shape index (κ1) is 29.2. The number of nitrogens with two attached hydrogens (primary N) is 3. The van der Waals surface area contributed by atoms with Gasteiger partial charge in [0.1, 0.15) is 17.1 Å². The van der Waals surface area contributed by atoms with Crippen molar-refractivity contribution in [3.8, 4) is 0 Å². The number of carboxylic acid groups (broad SMARTS) is 2. The van der Waals surface area contributed by atoms with Crippen LogP contribution in [0.25, 0.3) is 0 Å². The lowest BCUT2D eigenvalue weighted by atomic mass is 10.0. The fourth-order valence-electron chi connectivity index (χ4n) is 3.76. The molecule has 0 unspecified atom stereocenters. The number of aromatic nitrogens is 3. The lowest BCUT2D eigenvalue weighted by Crippen LogP contribution is -2.71. The number of anilines is 1. The smallest absolute Gasteiger partial charge is 0.350 e. The Balaban J connectivity index is 1.55. The van der Waals surface area contributed by atoms with Crippen LogP contribution >= 0.6 is 23.3 Å². The van der Waals surface area contributed by atoms with E-state index in [-0.39, 0.29) is 34.9 Å². The van der Waals surface area contributed by atoms with Crippen LogP contribution in [0.15, 0.2) is 45.9 Å². The van der Waals surface area contributed by atoms with Crippen molar-refractivity contribution >= 4 is 69.5 Å². The molecule has 2 aliphatic rings. The molecular formula is C22H24N10O7S2. The third kappa shape index (κ3) is 6.19. The highest BCUT2D eigenvalue weighted by Crippen LogP contribution is 2.40. The first-order chi connectivity index (χ1) is 19.3. The predicted octanol–water partition coefficient (Wildman–Crippen LogP) is -3.00. The molecule has 2 atom stereocenters. The topological polar surface area (TPSA) is 269 Å². The second-order valence-electron chi connectivity index (χ2n) is 9.17. The monoisotopic (exact) mass is 604 g/mol. The third-order valence-electron chi connectivity index (χ3n) is 5.75. The minimum absolute atomic E-state index is 0.00435. The molecule has 19 heteroatoms. The number of oxime groups is 1. The number of guanidine groups is 1. The number of carbonyl (C=O) groups is 4. The van der Waals surface area contributed by atoms with Gasteiger partial charge in [-0.15, -0.1) is 11.8 Å². The normalized spacial score (nSPS) is 18.7. The van der Waals surface area contributed by atoms with Gasteiger partial charge >= 0.3 is 5.97 Å². The fourth-order valence-corrected chi connectivity index (χ4v) is 5.53. The van der Waals surface area contributed by atoms with Crippen LogP contribution in [0.3, 0.4) is 0 Å². The highest BCUT2D eigenvalue weighted by Gasteiger charge is 2.53. The predicted molar refractivity (Wildman–Crippen MR) is 143 cm³/mol. The number of β-lactam (4-membered cyclic amide) rings is 1. The van der Waals surface area contributed by atoms with Gasteiger partial charge in [-0.05, 0) is 19.9 Å². The summed E-state index contributed by atoms with van der Waals surface area (Å²) in [6.07, 6.45) is 3.28. The van der Waals surface area contributed by atoms with Gasteiger partial charge in [0.05, 0.1) is 11.7 Å². The van der Waals surface area contributed by atoms with Crippen LogP contribution in [0, 0.1) is 0 Å². The molecule has 1 fully saturated rings. The van der Waals surface area contributed by atoms with E-state index in [4.69, 9.17) is 22.0 Å². The SMILES string of the molecule is CC(C)(O/N=C(\C(=O)N[C@@H]1C(=O)N2C(C(=O)[O-])=C(C[n+]3cccc(N=C(N)N)c3)CS[C@H]12)c1nsc(N)n1)C(=O)O. The zero-order valence-corrected chi connectivity index (χ0v) is 23.1. The van der Waals surface area contributed by atoms with Crippen molar-refractivity contribution in [2.45, 2.75) is 37.4 Å². The number of nitrogens with one attached hydrogen (secondary N) is 1. The van der Waals surface area contributed by atoms with Crippen molar-refractivity contribution in [3.63, 3.8) is 0 Å². The molecule has 1 saturated heterocycles. The summed E-state index contributed by atoms with van der Waals surface area (Å²) >= 11 is 1.99. The van der Waals surface area contributed by atoms with E-state index in [0.717, 1.165) is 16.4 Å². The average molecular weight is 605 g/mol. The van der Waals surface area contributed by atoms with E-state index in [2.05, 4.69) is 24.8 Å². The summed E-state index contributed by atoms with van der Waals surface area (Å²) < 4.78 is 5.56. The second kappa shape index (κ2) is 11.4. The van der Waals surface area contributed by atoms with Crippen molar-refractivity contribution in [2.24, 2.45) is 21.6 Å². The number of hydrogen-bond donors (Lipinski definition) is 5. The van der Waals surface area contributed by atoms with Crippen molar-refractivity contribution < 1.29 is 38.8 Å². The Morgan fingerprint density at radius 2 is 2.10 bits per heavy atom. The molecular weight excluding hydrogens is 580 g/mol. The van der Waals surface area contributed by atoms with Gasteiger partial charge in [0.15, 0.2) is 30.0 Å². The zero-order chi connectivity index (χ0) is 30.1. The van der Waals surface area contributed by atoms with Gasteiger partial charge in [0.25, 0.3) is 11.8 Å². The molecule has 2 aliphatic heterocycles. The summed E-state index contributed by atoms with van der Waals surface area (Å²) in [5.74, 6) is -4.77. The molecule has 0 aliphatic carbocycles. The summed E-state index contributed by atoms with van der Waals surface area (Å²) in [4.78, 5) is 63.7. The van der Waals surface area contributed by atoms with Gasteiger partial charge in [-0.1, -0.05) is 5.16 Å². The van der Waals surface area contributed by atoms with E-state index in [9.17, 15) is 29.4 Å². The maximum Gasteiger partial charge on any atom is 0.350 e. The van der Waals surface area contributed by atoms with Crippen LogP contribution in [-0.4, -0.2) is 77.6 Å². The highest BCUT2D eigenvalue weighted by molar-refractivity contribution is 8.00. The number of pyridine rings is 1. The van der Waals surface area contributed by atoms with Crippen molar-refractivity contribution in [3.05, 3.63) is 41.6 Å². The van der Waals surface area contributed by atoms with Crippen LogP contribution in [0.4, 0.5) is 10.8 Å². The molecule has 0 radical (unpaired) electrons. The lowest BCUT2D eigenvalue weighted by molar-refractivity contribution is -0.688. The van der Waals surface area contributed by atoms with Crippen LogP contribution in [0.5, 0.6) is 0 Å². The molecule has 0 bridgehead atoms. The Bertz CT molecular complexity index is 1520. The number of rotatable bonds is 10. The van der Waals surface area contributed by atoms with E-state index in [1.165, 1.54) is 25.6 Å². The first-order valence-electron chi connectivity index (χ1n) is 11.6. The fraction of sp³-hybridized carbons (Fsp3) is 0.318. The maximum absolute atomic E-state index is 13.2. The number of hydrogen-bond acceptors (Lipinski definition) is 13. The molecule has 4 heterocycles. The Morgan fingerprint density at radius 1 is 1.37 bits per heavy atom. The largest absolute Gasteiger partial charge is 0.543 e. The number of aliphatic imine (C=N–C) groups is 1. The summed E-state index contributed by atoms with van der Waals surface area (Å²) in [5, 5.41) is 26.8. The molecule has 2 aromatic heterocycles. The lowest BCUT2D eigenvalue weighted by Gasteiger charge is -2.50. The molecule has 0 saturated carbocycles. The van der Waals surface area contributed by atoms with Crippen LogP contribution in [-0.2, 0) is 30.6 Å². The molecule has 4 rings (SSSR count). The minimum atomic E-state index is -1.80. The van der Waals surface area contributed by atoms with Gasteiger partial charge in [-0.25, -0.2) is 9.79 Å². The Labute approximate surface area is 239 Å². The number of nitrogen functional groups attached to an aromatic ring is 1. The van der Waals surface area contributed by atoms with Gasteiger partial charge in [-0.3, -0.25) is 14.5 Å². The van der Waals surface area contributed by atoms with E-state index >= 15 is 0 Å². The van der Waals surface area contributed by atoms with E-state index in [1.54, 1.807) is 29.1 Å². The molecule has 216 valence electrons. The molecule has 0 aromatic carbocycles. The van der Waals surface area contributed by atoms with Gasteiger partial charge < -0.3 is 42.4 Å². The van der Waals surface area contributed by atoms with Crippen molar-refractivity contribution in [1.29, 1.82) is 0 Å². The number of aliphatic carboxylic acids is 2. The minimum Gasteiger partial charge on any atom is -0.543 e. The number of carbonyl (C=O) groups excluding carboxylic acids is 3. The van der Waals surface area contributed by atoms with Crippen molar-refractivity contribution in [2.75, 3.05) is 11.5 Å².